The molecule has 0 spiro atoms. The van der Waals surface area contributed by atoms with Crippen molar-refractivity contribution < 1.29 is 9.52 Å². The molecule has 1 aromatic carbocycles. The lowest BCUT2D eigenvalue weighted by molar-refractivity contribution is 0.464. The molecule has 0 amide bonds. The number of phenols is 1. The summed E-state index contributed by atoms with van der Waals surface area (Å²) in [5.74, 6) is 2.05. The van der Waals surface area contributed by atoms with Crippen molar-refractivity contribution in [2.45, 2.75) is 38.6 Å². The molecular weight excluding hydrogens is 429 g/mol. The number of rotatable bonds is 5. The van der Waals surface area contributed by atoms with E-state index in [9.17, 15) is 5.11 Å². The lowest BCUT2D eigenvalue weighted by Crippen LogP contribution is -2.38. The SMILES string of the molecule is CN=C(NCCc1ccco1)NCc1c(O)ccc2c1CCCC2.I. The van der Waals surface area contributed by atoms with E-state index < -0.39 is 0 Å². The van der Waals surface area contributed by atoms with Gasteiger partial charge >= 0.3 is 0 Å². The predicted octanol–water partition coefficient (Wildman–Crippen LogP) is 3.39. The van der Waals surface area contributed by atoms with Crippen LogP contribution in [0.5, 0.6) is 5.75 Å². The number of nitrogens with zero attached hydrogens (tertiary/aromatic N) is 1. The molecular formula is C19H26IN3O2. The van der Waals surface area contributed by atoms with Gasteiger partial charge in [-0.1, -0.05) is 6.07 Å². The zero-order chi connectivity index (χ0) is 16.8. The number of nitrogens with one attached hydrogen (secondary N) is 2. The Labute approximate surface area is 165 Å². The van der Waals surface area contributed by atoms with Crippen LogP contribution >= 0.6 is 24.0 Å². The summed E-state index contributed by atoms with van der Waals surface area (Å²) in [6.07, 6.45) is 7.08. The molecule has 1 heterocycles. The third-order valence-corrected chi connectivity index (χ3v) is 4.53. The molecule has 3 N–H and O–H groups in total. The zero-order valence-electron chi connectivity index (χ0n) is 14.5. The number of hydrogen-bond acceptors (Lipinski definition) is 3. The van der Waals surface area contributed by atoms with Gasteiger partial charge in [0.2, 0.25) is 0 Å². The van der Waals surface area contributed by atoms with Crippen LogP contribution in [-0.4, -0.2) is 24.7 Å². The molecule has 0 fully saturated rings. The highest BCUT2D eigenvalue weighted by Crippen LogP contribution is 2.30. The maximum Gasteiger partial charge on any atom is 0.191 e. The van der Waals surface area contributed by atoms with Crippen LogP contribution in [0.2, 0.25) is 0 Å². The molecule has 6 heteroatoms. The number of phenolic OH excluding ortho intramolecular Hbond substituents is 1. The topological polar surface area (TPSA) is 69.8 Å². The van der Waals surface area contributed by atoms with Crippen LogP contribution in [0.15, 0.2) is 39.9 Å². The van der Waals surface area contributed by atoms with Crippen LogP contribution in [0.3, 0.4) is 0 Å². The summed E-state index contributed by atoms with van der Waals surface area (Å²) in [7, 11) is 1.75. The molecule has 0 unspecified atom stereocenters. The molecule has 1 aromatic heterocycles. The minimum Gasteiger partial charge on any atom is -0.508 e. The highest BCUT2D eigenvalue weighted by Gasteiger charge is 2.16. The van der Waals surface area contributed by atoms with Crippen LogP contribution in [0.25, 0.3) is 0 Å². The van der Waals surface area contributed by atoms with Crippen LogP contribution in [0.4, 0.5) is 0 Å². The largest absolute Gasteiger partial charge is 0.508 e. The van der Waals surface area contributed by atoms with E-state index in [0.717, 1.165) is 43.1 Å². The number of benzene rings is 1. The quantitative estimate of drug-likeness (QED) is 0.367. The smallest absolute Gasteiger partial charge is 0.191 e. The van der Waals surface area contributed by atoms with Crippen molar-refractivity contribution in [3.05, 3.63) is 53.0 Å². The first kappa shape index (κ1) is 19.6. The Balaban J connectivity index is 0.00000225. The molecule has 1 aliphatic carbocycles. The van der Waals surface area contributed by atoms with E-state index in [1.165, 1.54) is 24.0 Å². The highest BCUT2D eigenvalue weighted by atomic mass is 127. The molecule has 0 radical (unpaired) electrons. The molecule has 5 nitrogen and oxygen atoms in total. The van der Waals surface area contributed by atoms with Crippen molar-refractivity contribution in [1.82, 2.24) is 10.6 Å². The van der Waals surface area contributed by atoms with E-state index in [4.69, 9.17) is 4.42 Å². The van der Waals surface area contributed by atoms with E-state index in [1.807, 2.05) is 18.2 Å². The Kier molecular flexibility index (Phi) is 7.61. The van der Waals surface area contributed by atoms with Crippen molar-refractivity contribution in [1.29, 1.82) is 0 Å². The Hall–Kier alpha value is -1.70. The lowest BCUT2D eigenvalue weighted by atomic mass is 9.88. The fraction of sp³-hybridized carbons (Fsp3) is 0.421. The van der Waals surface area contributed by atoms with E-state index >= 15 is 0 Å². The first-order valence-corrected chi connectivity index (χ1v) is 8.57. The second-order valence-electron chi connectivity index (χ2n) is 6.09. The normalized spacial score (nSPS) is 13.7. The molecule has 0 saturated carbocycles. The van der Waals surface area contributed by atoms with Crippen molar-refractivity contribution in [2.24, 2.45) is 4.99 Å². The molecule has 0 bridgehead atoms. The van der Waals surface area contributed by atoms with Crippen molar-refractivity contribution in [3.8, 4) is 5.75 Å². The Bertz CT molecular complexity index is 699. The van der Waals surface area contributed by atoms with E-state index in [2.05, 4.69) is 21.7 Å². The van der Waals surface area contributed by atoms with Crippen molar-refractivity contribution in [2.75, 3.05) is 13.6 Å². The van der Waals surface area contributed by atoms with E-state index in [0.29, 0.717) is 12.3 Å². The fourth-order valence-corrected chi connectivity index (χ4v) is 3.24. The van der Waals surface area contributed by atoms with Gasteiger partial charge < -0.3 is 20.2 Å². The summed E-state index contributed by atoms with van der Waals surface area (Å²) >= 11 is 0. The summed E-state index contributed by atoms with van der Waals surface area (Å²) in [6.45, 7) is 1.32. The molecule has 25 heavy (non-hydrogen) atoms. The number of aromatic hydroxyl groups is 1. The molecule has 1 aliphatic rings. The molecule has 0 aliphatic heterocycles. The number of furan rings is 1. The second-order valence-corrected chi connectivity index (χ2v) is 6.09. The van der Waals surface area contributed by atoms with Gasteiger partial charge in [0.15, 0.2) is 5.96 Å². The first-order valence-electron chi connectivity index (χ1n) is 8.57. The predicted molar refractivity (Wildman–Crippen MR) is 111 cm³/mol. The summed E-state index contributed by atoms with van der Waals surface area (Å²) in [6, 6.07) is 7.73. The number of fused-ring (bicyclic) bond motifs is 1. The van der Waals surface area contributed by atoms with Gasteiger partial charge in [-0.3, -0.25) is 4.99 Å². The van der Waals surface area contributed by atoms with Gasteiger partial charge in [0.1, 0.15) is 11.5 Å². The van der Waals surface area contributed by atoms with Gasteiger partial charge in [-0.05, 0) is 55.0 Å². The number of guanidine groups is 1. The van der Waals surface area contributed by atoms with Crippen LogP contribution < -0.4 is 10.6 Å². The van der Waals surface area contributed by atoms with Gasteiger partial charge in [-0.15, -0.1) is 24.0 Å². The number of hydrogen-bond donors (Lipinski definition) is 3. The molecule has 0 saturated heterocycles. The standard InChI is InChI=1S/C19H25N3O2.HI/c1-20-19(21-11-10-15-6-4-12-24-15)22-13-17-16-7-3-2-5-14(16)8-9-18(17)23;/h4,6,8-9,12,23H,2-3,5,7,10-11,13H2,1H3,(H2,20,21,22);1H. The third kappa shape index (κ3) is 5.14. The summed E-state index contributed by atoms with van der Waals surface area (Å²) in [5.41, 5.74) is 3.68. The molecule has 0 atom stereocenters. The average Bonchev–Trinajstić information content (AvgIpc) is 3.12. The van der Waals surface area contributed by atoms with E-state index in [-0.39, 0.29) is 24.0 Å². The summed E-state index contributed by atoms with van der Waals surface area (Å²) < 4.78 is 5.32. The number of aliphatic imine (C=N–C) groups is 1. The highest BCUT2D eigenvalue weighted by molar-refractivity contribution is 14.0. The van der Waals surface area contributed by atoms with Gasteiger partial charge in [-0.25, -0.2) is 0 Å². The zero-order valence-corrected chi connectivity index (χ0v) is 16.9. The van der Waals surface area contributed by atoms with Gasteiger partial charge in [-0.2, -0.15) is 0 Å². The maximum atomic E-state index is 10.2. The average molecular weight is 455 g/mol. The van der Waals surface area contributed by atoms with Gasteiger partial charge in [0.25, 0.3) is 0 Å². The number of aryl methyl sites for hydroxylation is 1. The van der Waals surface area contributed by atoms with E-state index in [1.54, 1.807) is 13.3 Å². The first-order chi connectivity index (χ1) is 11.8. The lowest BCUT2D eigenvalue weighted by Gasteiger charge is -2.21. The molecule has 3 rings (SSSR count). The van der Waals surface area contributed by atoms with Crippen LogP contribution in [-0.2, 0) is 25.8 Å². The Morgan fingerprint density at radius 1 is 1.20 bits per heavy atom. The van der Waals surface area contributed by atoms with Gasteiger partial charge in [0.05, 0.1) is 6.26 Å². The Morgan fingerprint density at radius 2 is 2.04 bits per heavy atom. The fourth-order valence-electron chi connectivity index (χ4n) is 3.24. The third-order valence-electron chi connectivity index (χ3n) is 4.53. The van der Waals surface area contributed by atoms with Crippen LogP contribution in [0, 0.1) is 0 Å². The molecule has 2 aromatic rings. The minimum atomic E-state index is 0. The van der Waals surface area contributed by atoms with Crippen molar-refractivity contribution in [3.63, 3.8) is 0 Å². The second kappa shape index (κ2) is 9.70. The maximum absolute atomic E-state index is 10.2. The minimum absolute atomic E-state index is 0. The van der Waals surface area contributed by atoms with Crippen LogP contribution in [0.1, 0.15) is 35.3 Å². The molecule has 136 valence electrons. The van der Waals surface area contributed by atoms with Gasteiger partial charge in [0, 0.05) is 32.1 Å². The van der Waals surface area contributed by atoms with Crippen molar-refractivity contribution >= 4 is 29.9 Å². The number of halogens is 1. The Morgan fingerprint density at radius 3 is 2.80 bits per heavy atom. The summed E-state index contributed by atoms with van der Waals surface area (Å²) in [4.78, 5) is 4.25. The monoisotopic (exact) mass is 455 g/mol. The summed E-state index contributed by atoms with van der Waals surface area (Å²) in [5, 5.41) is 16.8.